The minimum Gasteiger partial charge on any atom is -0.449 e. The van der Waals surface area contributed by atoms with E-state index in [-0.39, 0.29) is 11.8 Å². The van der Waals surface area contributed by atoms with Crippen LogP contribution >= 0.6 is 0 Å². The van der Waals surface area contributed by atoms with Gasteiger partial charge in [-0.2, -0.15) is 0 Å². The van der Waals surface area contributed by atoms with E-state index in [1.807, 2.05) is 0 Å². The van der Waals surface area contributed by atoms with E-state index < -0.39 is 12.3 Å². The van der Waals surface area contributed by atoms with Crippen LogP contribution in [-0.4, -0.2) is 32.7 Å². The number of nitrogens with zero attached hydrogens (tertiary/aromatic N) is 1. The van der Waals surface area contributed by atoms with E-state index >= 15 is 0 Å². The average Bonchev–Trinajstić information content (AvgIpc) is 2.33. The summed E-state index contributed by atoms with van der Waals surface area (Å²) in [5.74, 6) is -0.507. The Bertz CT molecular complexity index is 301. The maximum atomic E-state index is 9.97. The summed E-state index contributed by atoms with van der Waals surface area (Å²) >= 11 is 0. The number of rotatable bonds is 2. The summed E-state index contributed by atoms with van der Waals surface area (Å²) < 4.78 is 8.18. The van der Waals surface area contributed by atoms with Gasteiger partial charge < -0.3 is 19.7 Å². The number of aromatic nitrogens is 2. The van der Waals surface area contributed by atoms with Gasteiger partial charge in [0, 0.05) is 0 Å². The van der Waals surface area contributed by atoms with Crippen molar-refractivity contribution < 1.29 is 29.3 Å². The lowest BCUT2D eigenvalue weighted by Gasteiger charge is -1.90. The topological polar surface area (TPSA) is 122 Å². The Labute approximate surface area is 70.7 Å². The van der Waals surface area contributed by atoms with E-state index in [0.717, 1.165) is 6.07 Å². The van der Waals surface area contributed by atoms with Crippen LogP contribution in [0.5, 0.6) is 11.8 Å². The molecule has 1 rings (SSSR count). The molecule has 0 atom stereocenters. The Hall–Kier alpha value is -2.25. The van der Waals surface area contributed by atoms with Gasteiger partial charge in [-0.15, -0.1) is 5.10 Å². The van der Waals surface area contributed by atoms with Crippen molar-refractivity contribution in [1.29, 1.82) is 0 Å². The number of hydrogen-bond donors (Lipinski definition) is 3. The SMILES string of the molecule is O=C(O)Oc1cc(OC(=O)O)[nH]n1. The van der Waals surface area contributed by atoms with E-state index in [0.29, 0.717) is 0 Å². The van der Waals surface area contributed by atoms with Crippen LogP contribution in [0.15, 0.2) is 6.07 Å². The fourth-order valence-electron chi connectivity index (χ4n) is 0.575. The fourth-order valence-corrected chi connectivity index (χ4v) is 0.575. The lowest BCUT2D eigenvalue weighted by Crippen LogP contribution is -2.03. The molecule has 0 aliphatic carbocycles. The first-order chi connectivity index (χ1) is 6.08. The van der Waals surface area contributed by atoms with Crippen LogP contribution in [0.4, 0.5) is 9.59 Å². The van der Waals surface area contributed by atoms with Crippen molar-refractivity contribution in [3.63, 3.8) is 0 Å². The summed E-state index contributed by atoms with van der Waals surface area (Å²) in [5.41, 5.74) is 0. The highest BCUT2D eigenvalue weighted by Crippen LogP contribution is 2.14. The Kier molecular flexibility index (Phi) is 2.33. The Balaban J connectivity index is 2.63. The van der Waals surface area contributed by atoms with Gasteiger partial charge >= 0.3 is 12.3 Å². The zero-order chi connectivity index (χ0) is 9.84. The zero-order valence-corrected chi connectivity index (χ0v) is 6.05. The number of hydrogen-bond acceptors (Lipinski definition) is 5. The van der Waals surface area contributed by atoms with Crippen LogP contribution < -0.4 is 9.47 Å². The monoisotopic (exact) mass is 188 g/mol. The van der Waals surface area contributed by atoms with Crippen molar-refractivity contribution in [3.8, 4) is 11.8 Å². The highest BCUT2D eigenvalue weighted by molar-refractivity contribution is 5.62. The van der Waals surface area contributed by atoms with Gasteiger partial charge in [-0.3, -0.25) is 0 Å². The summed E-state index contributed by atoms with van der Waals surface area (Å²) in [5, 5.41) is 21.6. The molecule has 13 heavy (non-hydrogen) atoms. The van der Waals surface area contributed by atoms with Crippen molar-refractivity contribution in [1.82, 2.24) is 10.2 Å². The molecule has 0 amide bonds. The van der Waals surface area contributed by atoms with E-state index in [9.17, 15) is 9.59 Å². The highest BCUT2D eigenvalue weighted by atomic mass is 16.7. The van der Waals surface area contributed by atoms with Gasteiger partial charge in [0.1, 0.15) is 0 Å². The maximum absolute atomic E-state index is 9.97. The third-order valence-electron chi connectivity index (χ3n) is 0.920. The lowest BCUT2D eigenvalue weighted by molar-refractivity contribution is 0.142. The Morgan fingerprint density at radius 3 is 2.46 bits per heavy atom. The molecular weight excluding hydrogens is 184 g/mol. The molecule has 0 saturated heterocycles. The number of aromatic amines is 1. The second-order valence-electron chi connectivity index (χ2n) is 1.81. The third kappa shape index (κ3) is 2.69. The molecule has 1 heterocycles. The highest BCUT2D eigenvalue weighted by Gasteiger charge is 2.08. The van der Waals surface area contributed by atoms with E-state index in [1.165, 1.54) is 0 Å². The minimum absolute atomic E-state index is 0.219. The molecule has 0 aliphatic heterocycles. The van der Waals surface area contributed by atoms with Gasteiger partial charge in [0.25, 0.3) is 0 Å². The molecule has 70 valence electrons. The van der Waals surface area contributed by atoms with Crippen molar-refractivity contribution in [2.75, 3.05) is 0 Å². The average molecular weight is 188 g/mol. The van der Waals surface area contributed by atoms with Crippen molar-refractivity contribution >= 4 is 12.3 Å². The van der Waals surface area contributed by atoms with E-state index in [2.05, 4.69) is 19.7 Å². The summed E-state index contributed by atoms with van der Waals surface area (Å²) in [6.07, 6.45) is -3.08. The molecule has 0 radical (unpaired) electrons. The Morgan fingerprint density at radius 2 is 1.92 bits per heavy atom. The lowest BCUT2D eigenvalue weighted by atomic mass is 10.6. The minimum atomic E-state index is -1.55. The van der Waals surface area contributed by atoms with Gasteiger partial charge in [-0.05, 0) is 0 Å². The second-order valence-corrected chi connectivity index (χ2v) is 1.81. The van der Waals surface area contributed by atoms with Crippen LogP contribution in [0.3, 0.4) is 0 Å². The molecule has 0 aliphatic rings. The first-order valence-electron chi connectivity index (χ1n) is 2.95. The van der Waals surface area contributed by atoms with Crippen LogP contribution in [-0.2, 0) is 0 Å². The Morgan fingerprint density at radius 1 is 1.31 bits per heavy atom. The smallest absolute Gasteiger partial charge is 0.449 e. The number of nitrogens with one attached hydrogen (secondary N) is 1. The quantitative estimate of drug-likeness (QED) is 0.578. The largest absolute Gasteiger partial charge is 0.512 e. The summed E-state index contributed by atoms with van der Waals surface area (Å²) in [6.45, 7) is 0. The van der Waals surface area contributed by atoms with Gasteiger partial charge in [0.05, 0.1) is 6.07 Å². The molecule has 0 aromatic carbocycles. The molecule has 3 N–H and O–H groups in total. The third-order valence-corrected chi connectivity index (χ3v) is 0.920. The van der Waals surface area contributed by atoms with Crippen LogP contribution in [0.25, 0.3) is 0 Å². The number of ether oxygens (including phenoxy) is 2. The van der Waals surface area contributed by atoms with Crippen molar-refractivity contribution in [2.24, 2.45) is 0 Å². The van der Waals surface area contributed by atoms with Gasteiger partial charge in [0.2, 0.25) is 11.8 Å². The molecule has 0 bridgehead atoms. The molecule has 1 aromatic rings. The van der Waals surface area contributed by atoms with Crippen molar-refractivity contribution in [2.45, 2.75) is 0 Å². The molecule has 8 nitrogen and oxygen atoms in total. The molecule has 8 heteroatoms. The molecule has 0 saturated carbocycles. The number of carboxylic acid groups (broad SMARTS) is 2. The molecule has 1 aromatic heterocycles. The van der Waals surface area contributed by atoms with E-state index in [4.69, 9.17) is 10.2 Å². The summed E-state index contributed by atoms with van der Waals surface area (Å²) in [4.78, 5) is 19.9. The maximum Gasteiger partial charge on any atom is 0.512 e. The molecule has 0 fully saturated rings. The normalized spacial score (nSPS) is 9.23. The second kappa shape index (κ2) is 3.43. The van der Waals surface area contributed by atoms with Gasteiger partial charge in [0.15, 0.2) is 0 Å². The van der Waals surface area contributed by atoms with Gasteiger partial charge in [-0.1, -0.05) is 0 Å². The molecule has 0 spiro atoms. The molecule has 0 unspecified atom stereocenters. The first-order valence-corrected chi connectivity index (χ1v) is 2.95. The zero-order valence-electron chi connectivity index (χ0n) is 6.05. The predicted molar refractivity (Wildman–Crippen MR) is 35.9 cm³/mol. The first kappa shape index (κ1) is 8.84. The standard InChI is InChI=1S/C5H4N2O6/c8-4(9)12-2-1-3(7-6-2)13-5(10)11/h1H,(H,6,7)(H,8,9)(H,10,11). The van der Waals surface area contributed by atoms with Crippen LogP contribution in [0.2, 0.25) is 0 Å². The van der Waals surface area contributed by atoms with Gasteiger partial charge in [-0.25, -0.2) is 14.7 Å². The van der Waals surface area contributed by atoms with Crippen molar-refractivity contribution in [3.05, 3.63) is 6.07 Å². The predicted octanol–water partition coefficient (Wildman–Crippen LogP) is 0.523. The van der Waals surface area contributed by atoms with Crippen LogP contribution in [0.1, 0.15) is 0 Å². The summed E-state index contributed by atoms with van der Waals surface area (Å²) in [7, 11) is 0. The number of H-pyrrole nitrogens is 1. The van der Waals surface area contributed by atoms with E-state index in [1.54, 1.807) is 0 Å². The fraction of sp³-hybridized carbons (Fsp3) is 0. The van der Waals surface area contributed by atoms with Crippen LogP contribution in [0, 0.1) is 0 Å². The summed E-state index contributed by atoms with van der Waals surface area (Å²) in [6, 6.07) is 0.988. The number of carbonyl (C=O) groups is 2. The molecular formula is C5H4N2O6.